The SMILES string of the molecule is O=C(N/N=C(\C=N\NC(=O)c1cccc(Cl)c1)c1ccccc1)c1cccc(Cl)c1. The second-order valence-electron chi connectivity index (χ2n) is 6.02. The van der Waals surface area contributed by atoms with E-state index < -0.39 is 11.8 Å². The molecule has 0 spiro atoms. The number of amides is 2. The first kappa shape index (κ1) is 21.2. The zero-order chi connectivity index (χ0) is 21.3. The predicted octanol–water partition coefficient (Wildman–Crippen LogP) is 4.54. The molecule has 0 aromatic heterocycles. The standard InChI is InChI=1S/C22H16Cl2N4O2/c23-18-10-4-8-16(12-18)21(29)27-25-14-20(15-6-2-1-3-7-15)26-28-22(30)17-9-5-11-19(24)13-17/h1-14H,(H,27,29)(H,28,30)/b25-14+,26-20+. The van der Waals surface area contributed by atoms with Crippen LogP contribution in [0.15, 0.2) is 89.1 Å². The largest absolute Gasteiger partial charge is 0.271 e. The summed E-state index contributed by atoms with van der Waals surface area (Å²) in [4.78, 5) is 24.5. The Kier molecular flexibility index (Phi) is 7.32. The van der Waals surface area contributed by atoms with Crippen molar-refractivity contribution in [1.29, 1.82) is 0 Å². The van der Waals surface area contributed by atoms with Crippen LogP contribution < -0.4 is 10.9 Å². The molecule has 8 heteroatoms. The third-order valence-electron chi connectivity index (χ3n) is 3.87. The van der Waals surface area contributed by atoms with Gasteiger partial charge < -0.3 is 0 Å². The Bertz CT molecular complexity index is 1110. The van der Waals surface area contributed by atoms with Crippen LogP contribution in [0.2, 0.25) is 10.0 Å². The lowest BCUT2D eigenvalue weighted by Crippen LogP contribution is -2.22. The number of carbonyl (C=O) groups excluding carboxylic acids is 2. The molecule has 0 atom stereocenters. The van der Waals surface area contributed by atoms with Gasteiger partial charge in [-0.1, -0.05) is 65.7 Å². The van der Waals surface area contributed by atoms with Gasteiger partial charge >= 0.3 is 0 Å². The van der Waals surface area contributed by atoms with Crippen molar-refractivity contribution < 1.29 is 9.59 Å². The van der Waals surface area contributed by atoms with Gasteiger partial charge in [-0.2, -0.15) is 10.2 Å². The van der Waals surface area contributed by atoms with Crippen molar-refractivity contribution in [3.63, 3.8) is 0 Å². The normalized spacial score (nSPS) is 11.3. The van der Waals surface area contributed by atoms with Gasteiger partial charge in [0.15, 0.2) is 0 Å². The number of nitrogens with zero attached hydrogens (tertiary/aromatic N) is 2. The number of hydrogen-bond acceptors (Lipinski definition) is 4. The Hall–Kier alpha value is -3.48. The lowest BCUT2D eigenvalue weighted by atomic mass is 10.1. The fourth-order valence-electron chi connectivity index (χ4n) is 2.43. The summed E-state index contributed by atoms with van der Waals surface area (Å²) in [5, 5.41) is 8.97. The number of hydrogen-bond donors (Lipinski definition) is 2. The Morgan fingerprint density at radius 2 is 1.23 bits per heavy atom. The third kappa shape index (κ3) is 6.01. The molecule has 0 saturated heterocycles. The number of halogens is 2. The van der Waals surface area contributed by atoms with Crippen LogP contribution in [-0.2, 0) is 0 Å². The van der Waals surface area contributed by atoms with E-state index in [4.69, 9.17) is 23.2 Å². The van der Waals surface area contributed by atoms with E-state index in [-0.39, 0.29) is 0 Å². The zero-order valence-corrected chi connectivity index (χ0v) is 17.1. The van der Waals surface area contributed by atoms with Crippen molar-refractivity contribution in [2.75, 3.05) is 0 Å². The van der Waals surface area contributed by atoms with Gasteiger partial charge in [0.25, 0.3) is 11.8 Å². The summed E-state index contributed by atoms with van der Waals surface area (Å²) in [6.07, 6.45) is 1.34. The molecule has 3 rings (SSSR count). The van der Waals surface area contributed by atoms with E-state index in [1.807, 2.05) is 18.2 Å². The summed E-state index contributed by atoms with van der Waals surface area (Å²) in [7, 11) is 0. The maximum absolute atomic E-state index is 12.3. The minimum Gasteiger partial charge on any atom is -0.267 e. The van der Waals surface area contributed by atoms with Gasteiger partial charge in [-0.25, -0.2) is 10.9 Å². The monoisotopic (exact) mass is 438 g/mol. The van der Waals surface area contributed by atoms with Crippen LogP contribution in [0.3, 0.4) is 0 Å². The van der Waals surface area contributed by atoms with E-state index >= 15 is 0 Å². The summed E-state index contributed by atoms with van der Waals surface area (Å²) in [6, 6.07) is 22.1. The molecule has 0 saturated carbocycles. The number of nitrogens with one attached hydrogen (secondary N) is 2. The first-order valence-corrected chi connectivity index (χ1v) is 9.56. The Morgan fingerprint density at radius 1 is 0.700 bits per heavy atom. The smallest absolute Gasteiger partial charge is 0.267 e. The number of hydrazone groups is 2. The quantitative estimate of drug-likeness (QED) is 0.437. The molecule has 0 heterocycles. The van der Waals surface area contributed by atoms with Gasteiger partial charge in [-0.3, -0.25) is 9.59 Å². The fourth-order valence-corrected chi connectivity index (χ4v) is 2.81. The van der Waals surface area contributed by atoms with E-state index in [1.54, 1.807) is 48.5 Å². The van der Waals surface area contributed by atoms with Crippen molar-refractivity contribution in [1.82, 2.24) is 10.9 Å². The highest BCUT2D eigenvalue weighted by Crippen LogP contribution is 2.11. The first-order chi connectivity index (χ1) is 14.5. The first-order valence-electron chi connectivity index (χ1n) is 8.81. The molecule has 0 radical (unpaired) electrons. The molecular weight excluding hydrogens is 423 g/mol. The van der Waals surface area contributed by atoms with Crippen molar-refractivity contribution >= 4 is 46.9 Å². The van der Waals surface area contributed by atoms with E-state index in [0.717, 1.165) is 0 Å². The van der Waals surface area contributed by atoms with Crippen LogP contribution in [0.4, 0.5) is 0 Å². The molecule has 0 aliphatic rings. The van der Waals surface area contributed by atoms with E-state index in [1.165, 1.54) is 18.3 Å². The van der Waals surface area contributed by atoms with E-state index in [0.29, 0.717) is 32.4 Å². The summed E-state index contributed by atoms with van der Waals surface area (Å²) in [5.74, 6) is -0.855. The van der Waals surface area contributed by atoms with E-state index in [2.05, 4.69) is 21.1 Å². The third-order valence-corrected chi connectivity index (χ3v) is 4.34. The summed E-state index contributed by atoms with van der Waals surface area (Å²) in [5.41, 5.74) is 6.66. The summed E-state index contributed by atoms with van der Waals surface area (Å²) >= 11 is 11.8. The molecule has 0 aliphatic heterocycles. The molecular formula is C22H16Cl2N4O2. The highest BCUT2D eigenvalue weighted by molar-refractivity contribution is 6.38. The Balaban J connectivity index is 1.76. The van der Waals surface area contributed by atoms with Gasteiger partial charge in [0.05, 0.1) is 6.21 Å². The average Bonchev–Trinajstić information content (AvgIpc) is 2.76. The molecule has 6 nitrogen and oxygen atoms in total. The van der Waals surface area contributed by atoms with Crippen LogP contribution in [0.25, 0.3) is 0 Å². The molecule has 150 valence electrons. The van der Waals surface area contributed by atoms with Gasteiger partial charge in [-0.15, -0.1) is 0 Å². The highest BCUT2D eigenvalue weighted by atomic mass is 35.5. The van der Waals surface area contributed by atoms with Crippen molar-refractivity contribution in [3.05, 3.63) is 106 Å². The van der Waals surface area contributed by atoms with Crippen molar-refractivity contribution in [2.24, 2.45) is 10.2 Å². The number of rotatable bonds is 6. The van der Waals surface area contributed by atoms with Gasteiger partial charge in [0.1, 0.15) is 5.71 Å². The van der Waals surface area contributed by atoms with Crippen molar-refractivity contribution in [2.45, 2.75) is 0 Å². The summed E-state index contributed by atoms with van der Waals surface area (Å²) < 4.78 is 0. The minimum absolute atomic E-state index is 0.345. The molecule has 3 aromatic carbocycles. The fraction of sp³-hybridized carbons (Fsp3) is 0. The number of benzene rings is 3. The molecule has 0 aliphatic carbocycles. The predicted molar refractivity (Wildman–Crippen MR) is 119 cm³/mol. The van der Waals surface area contributed by atoms with Crippen LogP contribution >= 0.6 is 23.2 Å². The minimum atomic E-state index is -0.428. The molecule has 3 aromatic rings. The van der Waals surface area contributed by atoms with Crippen LogP contribution in [0.5, 0.6) is 0 Å². The van der Waals surface area contributed by atoms with Gasteiger partial charge in [0.2, 0.25) is 0 Å². The molecule has 30 heavy (non-hydrogen) atoms. The average molecular weight is 439 g/mol. The molecule has 0 fully saturated rings. The van der Waals surface area contributed by atoms with Gasteiger partial charge in [-0.05, 0) is 36.4 Å². The topological polar surface area (TPSA) is 82.9 Å². The highest BCUT2D eigenvalue weighted by Gasteiger charge is 2.08. The molecule has 2 N–H and O–H groups in total. The van der Waals surface area contributed by atoms with Crippen LogP contribution in [0.1, 0.15) is 26.3 Å². The second-order valence-corrected chi connectivity index (χ2v) is 6.90. The molecule has 0 bridgehead atoms. The number of carbonyl (C=O) groups is 2. The molecule has 0 unspecified atom stereocenters. The zero-order valence-electron chi connectivity index (χ0n) is 15.5. The lowest BCUT2D eigenvalue weighted by molar-refractivity contribution is 0.0946. The lowest BCUT2D eigenvalue weighted by Gasteiger charge is -2.04. The Labute approximate surface area is 183 Å². The van der Waals surface area contributed by atoms with Crippen molar-refractivity contribution in [3.8, 4) is 0 Å². The van der Waals surface area contributed by atoms with Gasteiger partial charge in [0, 0.05) is 26.7 Å². The Morgan fingerprint density at radius 3 is 1.80 bits per heavy atom. The summed E-state index contributed by atoms with van der Waals surface area (Å²) in [6.45, 7) is 0. The maximum atomic E-state index is 12.3. The second kappa shape index (κ2) is 10.3. The molecule has 2 amide bonds. The van der Waals surface area contributed by atoms with Crippen LogP contribution in [-0.4, -0.2) is 23.7 Å². The van der Waals surface area contributed by atoms with Crippen LogP contribution in [0, 0.1) is 0 Å². The van der Waals surface area contributed by atoms with E-state index in [9.17, 15) is 9.59 Å². The maximum Gasteiger partial charge on any atom is 0.271 e.